The molecule has 7 heteroatoms. The van der Waals surface area contributed by atoms with Gasteiger partial charge in [-0.15, -0.1) is 5.10 Å². The molecule has 0 radical (unpaired) electrons. The predicted octanol–water partition coefficient (Wildman–Crippen LogP) is 3.73. The molecule has 0 atom stereocenters. The molecule has 0 aliphatic rings. The number of ether oxygens (including phenoxy) is 1. The Kier molecular flexibility index (Phi) is 4.93. The normalized spacial score (nSPS) is 10.5. The van der Waals surface area contributed by atoms with E-state index in [1.54, 1.807) is 6.07 Å². The number of benzene rings is 1. The summed E-state index contributed by atoms with van der Waals surface area (Å²) >= 11 is 6.94. The van der Waals surface area contributed by atoms with Gasteiger partial charge < -0.3 is 10.1 Å². The first-order valence-electron chi connectivity index (χ1n) is 5.84. The number of nitrogens with one attached hydrogen (secondary N) is 1. The first-order valence-corrected chi connectivity index (χ1v) is 6.99. The zero-order chi connectivity index (χ0) is 13.7. The van der Waals surface area contributed by atoms with Crippen molar-refractivity contribution in [3.63, 3.8) is 0 Å². The lowest BCUT2D eigenvalue weighted by Crippen LogP contribution is -2.04. The molecule has 2 rings (SSSR count). The van der Waals surface area contributed by atoms with Crippen LogP contribution in [0.15, 0.2) is 18.2 Å². The van der Waals surface area contributed by atoms with Crippen molar-refractivity contribution in [3.05, 3.63) is 34.7 Å². The molecule has 0 bridgehead atoms. The summed E-state index contributed by atoms with van der Waals surface area (Å²) in [6.45, 7) is 3.06. The molecule has 0 aliphatic heterocycles. The first-order chi connectivity index (χ1) is 9.22. The number of halogens is 2. The van der Waals surface area contributed by atoms with Gasteiger partial charge in [0.1, 0.15) is 17.3 Å². The van der Waals surface area contributed by atoms with Crippen LogP contribution in [0.1, 0.15) is 19.0 Å². The van der Waals surface area contributed by atoms with Gasteiger partial charge in [-0.2, -0.15) is 0 Å². The van der Waals surface area contributed by atoms with Crippen LogP contribution in [0.2, 0.25) is 5.02 Å². The number of aromatic nitrogens is 2. The van der Waals surface area contributed by atoms with Gasteiger partial charge in [0.15, 0.2) is 11.6 Å². The van der Waals surface area contributed by atoms with E-state index in [-0.39, 0.29) is 17.4 Å². The maximum atomic E-state index is 13.6. The molecule has 4 nitrogen and oxygen atoms in total. The first kappa shape index (κ1) is 14.0. The monoisotopic (exact) mass is 301 g/mol. The van der Waals surface area contributed by atoms with E-state index in [0.717, 1.165) is 18.0 Å². The van der Waals surface area contributed by atoms with Crippen LogP contribution in [0.4, 0.5) is 9.39 Å². The number of hydrogen-bond donors (Lipinski definition) is 1. The van der Waals surface area contributed by atoms with Crippen LogP contribution in [0.3, 0.4) is 0 Å². The Bertz CT molecular complexity index is 550. The third-order valence-corrected chi connectivity index (χ3v) is 3.39. The minimum absolute atomic E-state index is 0.0400. The van der Waals surface area contributed by atoms with Crippen molar-refractivity contribution in [1.29, 1.82) is 0 Å². The molecule has 0 saturated heterocycles. The Morgan fingerprint density at radius 3 is 3.11 bits per heavy atom. The van der Waals surface area contributed by atoms with Crippen LogP contribution in [-0.4, -0.2) is 16.1 Å². The molecule has 0 spiro atoms. The fourth-order valence-electron chi connectivity index (χ4n) is 1.42. The second-order valence-electron chi connectivity index (χ2n) is 3.82. The Balaban J connectivity index is 2.02. The van der Waals surface area contributed by atoms with Gasteiger partial charge in [-0.1, -0.05) is 29.1 Å². The highest BCUT2D eigenvalue weighted by Crippen LogP contribution is 2.26. The molecule has 0 amide bonds. The van der Waals surface area contributed by atoms with Crippen LogP contribution < -0.4 is 10.1 Å². The summed E-state index contributed by atoms with van der Waals surface area (Å²) in [7, 11) is 0. The molecule has 1 heterocycles. The van der Waals surface area contributed by atoms with Crippen LogP contribution in [0, 0.1) is 5.82 Å². The molecule has 0 saturated carbocycles. The van der Waals surface area contributed by atoms with Gasteiger partial charge in [-0.25, -0.2) is 4.39 Å². The standard InChI is InChI=1S/C12H13ClFN3OS/c1-2-6-15-12-9(16-17-19-12)7-18-10-5-3-4-8(13)11(10)14/h3-5,15H,2,6-7H2,1H3. The Labute approximate surface area is 119 Å². The minimum atomic E-state index is -0.560. The minimum Gasteiger partial charge on any atom is -0.484 e. The van der Waals surface area contributed by atoms with Crippen molar-refractivity contribution in [2.75, 3.05) is 11.9 Å². The van der Waals surface area contributed by atoms with Gasteiger partial charge in [0.05, 0.1) is 5.02 Å². The summed E-state index contributed by atoms with van der Waals surface area (Å²) < 4.78 is 22.9. The number of nitrogens with zero attached hydrogens (tertiary/aromatic N) is 2. The van der Waals surface area contributed by atoms with E-state index < -0.39 is 5.82 Å². The second kappa shape index (κ2) is 6.68. The van der Waals surface area contributed by atoms with Gasteiger partial charge in [0.25, 0.3) is 0 Å². The Hall–Kier alpha value is -1.40. The molecule has 2 aromatic rings. The summed E-state index contributed by atoms with van der Waals surface area (Å²) in [6, 6.07) is 4.64. The number of anilines is 1. The third kappa shape index (κ3) is 3.54. The Morgan fingerprint density at radius 2 is 2.32 bits per heavy atom. The van der Waals surface area contributed by atoms with Crippen molar-refractivity contribution in [2.45, 2.75) is 20.0 Å². The van der Waals surface area contributed by atoms with E-state index >= 15 is 0 Å². The summed E-state index contributed by atoms with van der Waals surface area (Å²) in [4.78, 5) is 0. The summed E-state index contributed by atoms with van der Waals surface area (Å²) in [5, 5.41) is 8.05. The predicted molar refractivity (Wildman–Crippen MR) is 74.4 cm³/mol. The fourth-order valence-corrected chi connectivity index (χ4v) is 2.18. The second-order valence-corrected chi connectivity index (χ2v) is 4.98. The van der Waals surface area contributed by atoms with Crippen molar-refractivity contribution < 1.29 is 9.13 Å². The summed E-state index contributed by atoms with van der Waals surface area (Å²) in [5.74, 6) is -0.447. The highest BCUT2D eigenvalue weighted by Gasteiger charge is 2.11. The highest BCUT2D eigenvalue weighted by molar-refractivity contribution is 7.10. The third-order valence-electron chi connectivity index (χ3n) is 2.37. The van der Waals surface area contributed by atoms with E-state index in [1.165, 1.54) is 23.7 Å². The molecular weight excluding hydrogens is 289 g/mol. The lowest BCUT2D eigenvalue weighted by atomic mass is 10.3. The number of hydrogen-bond acceptors (Lipinski definition) is 5. The molecule has 0 fully saturated rings. The highest BCUT2D eigenvalue weighted by atomic mass is 35.5. The fraction of sp³-hybridized carbons (Fsp3) is 0.333. The maximum Gasteiger partial charge on any atom is 0.183 e. The van der Waals surface area contributed by atoms with E-state index in [1.807, 2.05) is 0 Å². The van der Waals surface area contributed by atoms with Crippen LogP contribution >= 0.6 is 23.1 Å². The van der Waals surface area contributed by atoms with Crippen LogP contribution in [0.5, 0.6) is 5.75 Å². The molecule has 19 heavy (non-hydrogen) atoms. The maximum absolute atomic E-state index is 13.6. The van der Waals surface area contributed by atoms with Crippen LogP contribution in [0.25, 0.3) is 0 Å². The lowest BCUT2D eigenvalue weighted by Gasteiger charge is -2.07. The molecule has 1 N–H and O–H groups in total. The van der Waals surface area contributed by atoms with Gasteiger partial charge in [-0.3, -0.25) is 0 Å². The largest absolute Gasteiger partial charge is 0.484 e. The molecular formula is C12H13ClFN3OS. The van der Waals surface area contributed by atoms with E-state index in [2.05, 4.69) is 21.8 Å². The Morgan fingerprint density at radius 1 is 1.47 bits per heavy atom. The van der Waals surface area contributed by atoms with Crippen molar-refractivity contribution in [1.82, 2.24) is 9.59 Å². The zero-order valence-electron chi connectivity index (χ0n) is 10.3. The van der Waals surface area contributed by atoms with Crippen molar-refractivity contribution in [3.8, 4) is 5.75 Å². The van der Waals surface area contributed by atoms with E-state index in [0.29, 0.717) is 5.69 Å². The van der Waals surface area contributed by atoms with E-state index in [4.69, 9.17) is 16.3 Å². The average molecular weight is 302 g/mol. The number of rotatable bonds is 6. The van der Waals surface area contributed by atoms with Gasteiger partial charge >= 0.3 is 0 Å². The lowest BCUT2D eigenvalue weighted by molar-refractivity contribution is 0.286. The zero-order valence-corrected chi connectivity index (χ0v) is 11.9. The van der Waals surface area contributed by atoms with Gasteiger partial charge in [0, 0.05) is 18.1 Å². The topological polar surface area (TPSA) is 47.0 Å². The molecule has 1 aromatic heterocycles. The molecule has 1 aromatic carbocycles. The molecule has 0 aliphatic carbocycles. The quantitative estimate of drug-likeness (QED) is 0.883. The molecule has 102 valence electrons. The molecule has 0 unspecified atom stereocenters. The van der Waals surface area contributed by atoms with Gasteiger partial charge in [0.2, 0.25) is 0 Å². The smallest absolute Gasteiger partial charge is 0.183 e. The summed E-state index contributed by atoms with van der Waals surface area (Å²) in [5.41, 5.74) is 0.665. The summed E-state index contributed by atoms with van der Waals surface area (Å²) in [6.07, 6.45) is 1.00. The van der Waals surface area contributed by atoms with Crippen LogP contribution in [-0.2, 0) is 6.61 Å². The van der Waals surface area contributed by atoms with E-state index in [9.17, 15) is 4.39 Å². The SMILES string of the molecule is CCCNc1snnc1COc1cccc(Cl)c1F. The van der Waals surface area contributed by atoms with Crippen molar-refractivity contribution in [2.24, 2.45) is 0 Å². The van der Waals surface area contributed by atoms with Gasteiger partial charge in [-0.05, 0) is 18.6 Å². The average Bonchev–Trinajstić information content (AvgIpc) is 2.85. The van der Waals surface area contributed by atoms with Crippen molar-refractivity contribution >= 4 is 28.1 Å².